The highest BCUT2D eigenvalue weighted by Gasteiger charge is 2.38. The third-order valence-corrected chi connectivity index (χ3v) is 5.13. The summed E-state index contributed by atoms with van der Waals surface area (Å²) in [7, 11) is 0. The third kappa shape index (κ3) is 5.35. The molecule has 2 aliphatic heterocycles. The Morgan fingerprint density at radius 3 is 2.21 bits per heavy atom. The molecule has 2 saturated heterocycles. The molecule has 140 valence electrons. The maximum absolute atomic E-state index is 12.9. The van der Waals surface area contributed by atoms with Crippen molar-refractivity contribution >= 4 is 24.2 Å². The van der Waals surface area contributed by atoms with Gasteiger partial charge in [-0.2, -0.15) is 0 Å². The zero-order chi connectivity index (χ0) is 17.2. The molecule has 2 unspecified atom stereocenters. The Bertz CT molecular complexity index is 440. The molecule has 0 aromatic heterocycles. The fourth-order valence-corrected chi connectivity index (χ4v) is 3.73. The van der Waals surface area contributed by atoms with Crippen LogP contribution in [-0.4, -0.2) is 53.3 Å². The van der Waals surface area contributed by atoms with Crippen molar-refractivity contribution in [3.05, 3.63) is 0 Å². The van der Waals surface area contributed by atoms with Crippen LogP contribution in [0.1, 0.15) is 59.8 Å². The lowest BCUT2D eigenvalue weighted by atomic mass is 9.90. The van der Waals surface area contributed by atoms with E-state index in [1.165, 1.54) is 0 Å². The van der Waals surface area contributed by atoms with Gasteiger partial charge in [0.05, 0.1) is 0 Å². The molecule has 2 atom stereocenters. The molecule has 6 heteroatoms. The lowest BCUT2D eigenvalue weighted by Gasteiger charge is -2.37. The van der Waals surface area contributed by atoms with E-state index in [0.717, 1.165) is 45.3 Å². The Morgan fingerprint density at radius 2 is 1.71 bits per heavy atom. The fraction of sp³-hybridized carbons (Fsp3) is 0.889. The highest BCUT2D eigenvalue weighted by molar-refractivity contribution is 5.88. The van der Waals surface area contributed by atoms with Crippen LogP contribution in [0.25, 0.3) is 0 Å². The number of carbonyl (C=O) groups excluding carboxylic acids is 2. The van der Waals surface area contributed by atoms with Crippen LogP contribution in [-0.2, 0) is 9.59 Å². The average molecular weight is 360 g/mol. The first-order valence-electron chi connectivity index (χ1n) is 9.03. The van der Waals surface area contributed by atoms with Crippen LogP contribution in [0, 0.1) is 11.3 Å². The third-order valence-electron chi connectivity index (χ3n) is 5.13. The van der Waals surface area contributed by atoms with Crippen LogP contribution >= 0.6 is 12.4 Å². The summed E-state index contributed by atoms with van der Waals surface area (Å²) in [5.74, 6) is 0.785. The van der Waals surface area contributed by atoms with Crippen molar-refractivity contribution in [3.63, 3.8) is 0 Å². The van der Waals surface area contributed by atoms with Crippen molar-refractivity contribution < 1.29 is 9.59 Å². The summed E-state index contributed by atoms with van der Waals surface area (Å²) in [6.07, 6.45) is 4.20. The lowest BCUT2D eigenvalue weighted by Crippen LogP contribution is -2.51. The number of hydrogen-bond donors (Lipinski definition) is 1. The Hall–Kier alpha value is -0.810. The van der Waals surface area contributed by atoms with E-state index in [-0.39, 0.29) is 41.7 Å². The molecular weight excluding hydrogens is 326 g/mol. The summed E-state index contributed by atoms with van der Waals surface area (Å²) in [6.45, 7) is 10.5. The topological polar surface area (TPSA) is 66.6 Å². The lowest BCUT2D eigenvalue weighted by molar-refractivity contribution is -0.145. The van der Waals surface area contributed by atoms with Crippen molar-refractivity contribution in [2.75, 3.05) is 19.6 Å². The number of nitrogens with zero attached hydrogens (tertiary/aromatic N) is 2. The number of carbonyl (C=O) groups is 2. The van der Waals surface area contributed by atoms with Crippen molar-refractivity contribution in [2.45, 2.75) is 71.9 Å². The first kappa shape index (κ1) is 21.2. The summed E-state index contributed by atoms with van der Waals surface area (Å²) in [4.78, 5) is 29.2. The van der Waals surface area contributed by atoms with Gasteiger partial charge >= 0.3 is 0 Å². The van der Waals surface area contributed by atoms with Crippen LogP contribution in [0.15, 0.2) is 0 Å². The van der Waals surface area contributed by atoms with Gasteiger partial charge in [-0.05, 0) is 43.9 Å². The van der Waals surface area contributed by atoms with Crippen molar-refractivity contribution in [2.24, 2.45) is 17.1 Å². The second-order valence-corrected chi connectivity index (χ2v) is 8.50. The van der Waals surface area contributed by atoms with Gasteiger partial charge in [0.2, 0.25) is 11.8 Å². The number of amides is 2. The Labute approximate surface area is 152 Å². The van der Waals surface area contributed by atoms with Crippen LogP contribution in [0.3, 0.4) is 0 Å². The smallest absolute Gasteiger partial charge is 0.245 e. The number of hydrogen-bond acceptors (Lipinski definition) is 3. The van der Waals surface area contributed by atoms with Gasteiger partial charge in [-0.25, -0.2) is 0 Å². The molecule has 0 spiro atoms. The van der Waals surface area contributed by atoms with Crippen LogP contribution in [0.5, 0.6) is 0 Å². The molecule has 2 N–H and O–H groups in total. The Balaban J connectivity index is 0.00000288. The zero-order valence-corrected chi connectivity index (χ0v) is 16.4. The van der Waals surface area contributed by atoms with Gasteiger partial charge in [0.1, 0.15) is 6.04 Å². The molecule has 2 amide bonds. The largest absolute Gasteiger partial charge is 0.341 e. The molecule has 2 rings (SSSR count). The normalized spacial score (nSPS) is 23.8. The minimum Gasteiger partial charge on any atom is -0.341 e. The highest BCUT2D eigenvalue weighted by Crippen LogP contribution is 2.27. The summed E-state index contributed by atoms with van der Waals surface area (Å²) in [6, 6.07) is -0.0414. The standard InChI is InChI=1S/C18H33N3O2.ClH/c1-13(19)14-7-10-20(11-8-14)17(23)15-6-5-9-21(15)16(22)12-18(2,3)4;/h13-15H,5-12,19H2,1-4H3;1H. The summed E-state index contributed by atoms with van der Waals surface area (Å²) < 4.78 is 0. The summed E-state index contributed by atoms with van der Waals surface area (Å²) in [5, 5.41) is 0. The van der Waals surface area contributed by atoms with Gasteiger partial charge in [0.15, 0.2) is 0 Å². The van der Waals surface area contributed by atoms with E-state index < -0.39 is 0 Å². The van der Waals surface area contributed by atoms with Crippen molar-refractivity contribution in [1.82, 2.24) is 9.80 Å². The molecular formula is C18H34ClN3O2. The fourth-order valence-electron chi connectivity index (χ4n) is 3.73. The molecule has 0 saturated carbocycles. The number of nitrogens with two attached hydrogens (primary N) is 1. The highest BCUT2D eigenvalue weighted by atomic mass is 35.5. The monoisotopic (exact) mass is 359 g/mol. The molecule has 0 bridgehead atoms. The van der Waals surface area contributed by atoms with Gasteiger partial charge in [-0.15, -0.1) is 12.4 Å². The molecule has 0 aromatic carbocycles. The molecule has 0 aromatic rings. The zero-order valence-electron chi connectivity index (χ0n) is 15.6. The van der Waals surface area contributed by atoms with E-state index in [1.807, 2.05) is 16.7 Å². The SMILES string of the molecule is CC(N)C1CCN(C(=O)C2CCCN2C(=O)CC(C)(C)C)CC1.Cl. The maximum atomic E-state index is 12.9. The number of piperidine rings is 1. The van der Waals surface area contributed by atoms with Crippen LogP contribution < -0.4 is 5.73 Å². The minimum absolute atomic E-state index is 0. The molecule has 24 heavy (non-hydrogen) atoms. The van der Waals surface area contributed by atoms with E-state index >= 15 is 0 Å². The van der Waals surface area contributed by atoms with Crippen LogP contribution in [0.4, 0.5) is 0 Å². The molecule has 2 heterocycles. The van der Waals surface area contributed by atoms with Crippen LogP contribution in [0.2, 0.25) is 0 Å². The van der Waals surface area contributed by atoms with E-state index in [0.29, 0.717) is 12.3 Å². The second kappa shape index (κ2) is 8.52. The van der Waals surface area contributed by atoms with E-state index in [9.17, 15) is 9.59 Å². The molecule has 2 fully saturated rings. The molecule has 2 aliphatic rings. The predicted molar refractivity (Wildman–Crippen MR) is 99.0 cm³/mol. The van der Waals surface area contributed by atoms with Gasteiger partial charge < -0.3 is 15.5 Å². The molecule has 0 aliphatic carbocycles. The van der Waals surface area contributed by atoms with E-state index in [2.05, 4.69) is 20.8 Å². The maximum Gasteiger partial charge on any atom is 0.245 e. The average Bonchev–Trinajstić information content (AvgIpc) is 2.94. The summed E-state index contributed by atoms with van der Waals surface area (Å²) in [5.41, 5.74) is 5.94. The number of halogens is 1. The van der Waals surface area contributed by atoms with Crippen molar-refractivity contribution in [1.29, 1.82) is 0 Å². The van der Waals surface area contributed by atoms with Gasteiger partial charge in [0, 0.05) is 32.1 Å². The number of likely N-dealkylation sites (tertiary alicyclic amines) is 2. The first-order chi connectivity index (χ1) is 10.7. The molecule has 0 radical (unpaired) electrons. The first-order valence-corrected chi connectivity index (χ1v) is 9.03. The van der Waals surface area contributed by atoms with Gasteiger partial charge in [-0.1, -0.05) is 20.8 Å². The molecule has 5 nitrogen and oxygen atoms in total. The van der Waals surface area contributed by atoms with E-state index in [4.69, 9.17) is 5.73 Å². The Morgan fingerprint density at radius 1 is 1.12 bits per heavy atom. The van der Waals surface area contributed by atoms with Gasteiger partial charge in [-0.3, -0.25) is 9.59 Å². The minimum atomic E-state index is -0.239. The van der Waals surface area contributed by atoms with Gasteiger partial charge in [0.25, 0.3) is 0 Å². The van der Waals surface area contributed by atoms with E-state index in [1.54, 1.807) is 0 Å². The Kier molecular flexibility index (Phi) is 7.54. The number of rotatable bonds is 3. The quantitative estimate of drug-likeness (QED) is 0.841. The summed E-state index contributed by atoms with van der Waals surface area (Å²) >= 11 is 0. The predicted octanol–water partition coefficient (Wildman–Crippen LogP) is 2.42. The second-order valence-electron chi connectivity index (χ2n) is 8.50. The van der Waals surface area contributed by atoms with Crippen molar-refractivity contribution in [3.8, 4) is 0 Å².